The van der Waals surface area contributed by atoms with Gasteiger partial charge in [0.05, 0.1) is 17.4 Å². The fourth-order valence-corrected chi connectivity index (χ4v) is 2.56. The molecule has 1 fully saturated rings. The van der Waals surface area contributed by atoms with Crippen molar-refractivity contribution in [2.45, 2.75) is 45.3 Å². The van der Waals surface area contributed by atoms with Crippen LogP contribution in [0.15, 0.2) is 10.7 Å². The van der Waals surface area contributed by atoms with E-state index >= 15 is 0 Å². The van der Waals surface area contributed by atoms with Crippen LogP contribution in [0, 0.1) is 0 Å². The van der Waals surface area contributed by atoms with E-state index in [4.69, 9.17) is 14.0 Å². The topological polar surface area (TPSA) is 75.2 Å². The SMILES string of the molecule is CC(C)c1nn(C)cc1-c1noc(COC2CCOCC2)n1. The van der Waals surface area contributed by atoms with Crippen LogP contribution in [0.3, 0.4) is 0 Å². The van der Waals surface area contributed by atoms with E-state index in [0.29, 0.717) is 24.2 Å². The molecule has 22 heavy (non-hydrogen) atoms. The Kier molecular flexibility index (Phi) is 4.54. The zero-order valence-corrected chi connectivity index (χ0v) is 13.3. The highest BCUT2D eigenvalue weighted by Gasteiger charge is 2.19. The maximum atomic E-state index is 5.80. The van der Waals surface area contributed by atoms with Crippen LogP contribution in [0.25, 0.3) is 11.4 Å². The molecule has 0 N–H and O–H groups in total. The lowest BCUT2D eigenvalue weighted by atomic mass is 10.1. The lowest BCUT2D eigenvalue weighted by Gasteiger charge is -2.21. The highest BCUT2D eigenvalue weighted by molar-refractivity contribution is 5.57. The van der Waals surface area contributed by atoms with Crippen molar-refractivity contribution in [2.24, 2.45) is 7.05 Å². The number of hydrogen-bond donors (Lipinski definition) is 0. The van der Waals surface area contributed by atoms with E-state index in [2.05, 4.69) is 29.1 Å². The van der Waals surface area contributed by atoms with Gasteiger partial charge in [-0.2, -0.15) is 10.1 Å². The molecule has 0 atom stereocenters. The minimum absolute atomic E-state index is 0.216. The first-order valence-corrected chi connectivity index (χ1v) is 7.69. The summed E-state index contributed by atoms with van der Waals surface area (Å²) in [6.45, 7) is 6.05. The molecule has 0 aliphatic carbocycles. The van der Waals surface area contributed by atoms with Crippen LogP contribution < -0.4 is 0 Å². The molecule has 0 radical (unpaired) electrons. The van der Waals surface area contributed by atoms with E-state index in [1.165, 1.54) is 0 Å². The summed E-state index contributed by atoms with van der Waals surface area (Å²) >= 11 is 0. The van der Waals surface area contributed by atoms with Crippen LogP contribution >= 0.6 is 0 Å². The Balaban J connectivity index is 1.68. The van der Waals surface area contributed by atoms with Crippen LogP contribution in [-0.2, 0) is 23.1 Å². The van der Waals surface area contributed by atoms with Gasteiger partial charge >= 0.3 is 0 Å². The van der Waals surface area contributed by atoms with Gasteiger partial charge in [-0.1, -0.05) is 19.0 Å². The van der Waals surface area contributed by atoms with Gasteiger partial charge in [-0.05, 0) is 18.8 Å². The summed E-state index contributed by atoms with van der Waals surface area (Å²) in [5.41, 5.74) is 1.89. The number of hydrogen-bond acceptors (Lipinski definition) is 6. The van der Waals surface area contributed by atoms with Crippen molar-refractivity contribution in [1.82, 2.24) is 19.9 Å². The van der Waals surface area contributed by atoms with E-state index in [9.17, 15) is 0 Å². The van der Waals surface area contributed by atoms with Gasteiger partial charge in [0.25, 0.3) is 5.89 Å². The molecule has 1 saturated heterocycles. The van der Waals surface area contributed by atoms with E-state index in [-0.39, 0.29) is 6.10 Å². The highest BCUT2D eigenvalue weighted by Crippen LogP contribution is 2.26. The predicted molar refractivity (Wildman–Crippen MR) is 79.2 cm³/mol. The fraction of sp³-hybridized carbons (Fsp3) is 0.667. The monoisotopic (exact) mass is 306 g/mol. The first-order chi connectivity index (χ1) is 10.6. The average Bonchev–Trinajstić information content (AvgIpc) is 3.12. The predicted octanol–water partition coefficient (Wildman–Crippen LogP) is 2.29. The smallest absolute Gasteiger partial charge is 0.252 e. The number of nitrogens with zero attached hydrogens (tertiary/aromatic N) is 4. The third-order valence-electron chi connectivity index (χ3n) is 3.72. The van der Waals surface area contributed by atoms with Crippen molar-refractivity contribution in [3.05, 3.63) is 17.8 Å². The number of rotatable bonds is 5. The Morgan fingerprint density at radius 3 is 2.86 bits per heavy atom. The summed E-state index contributed by atoms with van der Waals surface area (Å²) in [6.07, 6.45) is 3.97. The van der Waals surface area contributed by atoms with E-state index in [1.54, 1.807) is 4.68 Å². The third kappa shape index (κ3) is 3.36. The quantitative estimate of drug-likeness (QED) is 0.843. The largest absolute Gasteiger partial charge is 0.381 e. The Bertz CT molecular complexity index is 614. The number of ether oxygens (including phenoxy) is 2. The number of aryl methyl sites for hydroxylation is 1. The molecule has 3 heterocycles. The first kappa shape index (κ1) is 15.2. The molecule has 0 saturated carbocycles. The minimum atomic E-state index is 0.216. The van der Waals surface area contributed by atoms with Crippen LogP contribution in [-0.4, -0.2) is 39.2 Å². The standard InChI is InChI=1S/C15H22N4O3/c1-10(2)14-12(8-19(3)17-14)15-16-13(22-18-15)9-21-11-4-6-20-7-5-11/h8,10-11H,4-7,9H2,1-3H3. The highest BCUT2D eigenvalue weighted by atomic mass is 16.5. The van der Waals surface area contributed by atoms with Crippen molar-refractivity contribution < 1.29 is 14.0 Å². The molecule has 1 aliphatic rings. The minimum Gasteiger partial charge on any atom is -0.381 e. The molecule has 0 bridgehead atoms. The Morgan fingerprint density at radius 2 is 2.14 bits per heavy atom. The summed E-state index contributed by atoms with van der Waals surface area (Å²) in [5, 5.41) is 8.53. The van der Waals surface area contributed by atoms with Crippen molar-refractivity contribution in [3.8, 4) is 11.4 Å². The van der Waals surface area contributed by atoms with Gasteiger partial charge in [0, 0.05) is 26.5 Å². The maximum Gasteiger partial charge on any atom is 0.252 e. The molecule has 2 aromatic heterocycles. The number of aromatic nitrogens is 4. The molecule has 120 valence electrons. The Labute approximate surface area is 129 Å². The summed E-state index contributed by atoms with van der Waals surface area (Å²) in [5.74, 6) is 1.37. The van der Waals surface area contributed by atoms with Crippen LogP contribution in [0.1, 0.15) is 44.2 Å². The van der Waals surface area contributed by atoms with Gasteiger partial charge in [0.2, 0.25) is 5.82 Å². The second kappa shape index (κ2) is 6.58. The first-order valence-electron chi connectivity index (χ1n) is 7.69. The molecule has 0 unspecified atom stereocenters. The van der Waals surface area contributed by atoms with E-state index in [0.717, 1.165) is 37.3 Å². The molecule has 0 aromatic carbocycles. The van der Waals surface area contributed by atoms with Crippen LogP contribution in [0.5, 0.6) is 0 Å². The second-order valence-electron chi connectivity index (χ2n) is 5.89. The third-order valence-corrected chi connectivity index (χ3v) is 3.72. The molecule has 1 aliphatic heterocycles. The summed E-state index contributed by atoms with van der Waals surface area (Å²) in [6, 6.07) is 0. The zero-order valence-electron chi connectivity index (χ0n) is 13.3. The average molecular weight is 306 g/mol. The molecule has 0 spiro atoms. The van der Waals surface area contributed by atoms with Gasteiger partial charge in [-0.15, -0.1) is 0 Å². The van der Waals surface area contributed by atoms with Gasteiger partial charge < -0.3 is 14.0 Å². The van der Waals surface area contributed by atoms with Crippen molar-refractivity contribution >= 4 is 0 Å². The maximum absolute atomic E-state index is 5.80. The molecule has 2 aromatic rings. The Hall–Kier alpha value is -1.73. The summed E-state index contributed by atoms with van der Waals surface area (Å²) in [7, 11) is 1.89. The van der Waals surface area contributed by atoms with Crippen molar-refractivity contribution in [2.75, 3.05) is 13.2 Å². The molecular formula is C15H22N4O3. The lowest BCUT2D eigenvalue weighted by molar-refractivity contribution is -0.0455. The van der Waals surface area contributed by atoms with Crippen molar-refractivity contribution in [1.29, 1.82) is 0 Å². The van der Waals surface area contributed by atoms with Crippen molar-refractivity contribution in [3.63, 3.8) is 0 Å². The molecule has 7 nitrogen and oxygen atoms in total. The van der Waals surface area contributed by atoms with Crippen LogP contribution in [0.2, 0.25) is 0 Å². The molecular weight excluding hydrogens is 284 g/mol. The lowest BCUT2D eigenvalue weighted by Crippen LogP contribution is -2.23. The van der Waals surface area contributed by atoms with Gasteiger partial charge in [-0.3, -0.25) is 4.68 Å². The molecule has 7 heteroatoms. The Morgan fingerprint density at radius 1 is 1.36 bits per heavy atom. The summed E-state index contributed by atoms with van der Waals surface area (Å²) < 4.78 is 18.2. The van der Waals surface area contributed by atoms with E-state index in [1.807, 2.05) is 13.2 Å². The normalized spacial score (nSPS) is 16.5. The second-order valence-corrected chi connectivity index (χ2v) is 5.89. The van der Waals surface area contributed by atoms with Gasteiger partial charge in [0.1, 0.15) is 6.61 Å². The van der Waals surface area contributed by atoms with Crippen LogP contribution in [0.4, 0.5) is 0 Å². The van der Waals surface area contributed by atoms with Gasteiger partial charge in [0.15, 0.2) is 0 Å². The summed E-state index contributed by atoms with van der Waals surface area (Å²) in [4.78, 5) is 4.43. The molecule has 0 amide bonds. The zero-order chi connectivity index (χ0) is 15.5. The van der Waals surface area contributed by atoms with E-state index < -0.39 is 0 Å². The van der Waals surface area contributed by atoms with Gasteiger partial charge in [-0.25, -0.2) is 0 Å². The fourth-order valence-electron chi connectivity index (χ4n) is 2.56. The molecule has 3 rings (SSSR count).